The van der Waals surface area contributed by atoms with Crippen molar-refractivity contribution < 1.29 is 14.0 Å². The van der Waals surface area contributed by atoms with Crippen molar-refractivity contribution in [2.75, 3.05) is 6.54 Å². The number of nitrogens with one attached hydrogen (secondary N) is 1. The summed E-state index contributed by atoms with van der Waals surface area (Å²) < 4.78 is 13.2. The van der Waals surface area contributed by atoms with E-state index in [1.807, 2.05) is 0 Å². The van der Waals surface area contributed by atoms with Gasteiger partial charge in [-0.3, -0.25) is 9.59 Å². The molecule has 0 saturated heterocycles. The second-order valence-corrected chi connectivity index (χ2v) is 3.76. The number of aldehydes is 1. The number of aryl methyl sites for hydroxylation is 1. The molecule has 0 unspecified atom stereocenters. The topological polar surface area (TPSA) is 46.2 Å². The van der Waals surface area contributed by atoms with Gasteiger partial charge in [-0.1, -0.05) is 11.6 Å². The standard InChI is InChI=1S/C11H11ClFNO2/c1-7-4-9(12)8(5-10(7)13)2-3-14-11(16)6-15/h4-6H,2-3H2,1H3,(H,14,16). The first-order valence-electron chi connectivity index (χ1n) is 4.72. The highest BCUT2D eigenvalue weighted by molar-refractivity contribution is 6.31. The summed E-state index contributed by atoms with van der Waals surface area (Å²) in [7, 11) is 0. The molecular formula is C11H11ClFNO2. The third kappa shape index (κ3) is 3.31. The number of carbonyl (C=O) groups is 2. The number of hydrogen-bond acceptors (Lipinski definition) is 2. The molecule has 1 rings (SSSR count). The third-order valence-electron chi connectivity index (χ3n) is 2.13. The van der Waals surface area contributed by atoms with Crippen LogP contribution in [0.1, 0.15) is 11.1 Å². The molecule has 0 bridgehead atoms. The van der Waals surface area contributed by atoms with E-state index in [0.29, 0.717) is 22.6 Å². The summed E-state index contributed by atoms with van der Waals surface area (Å²) in [5, 5.41) is 2.81. The first-order valence-corrected chi connectivity index (χ1v) is 5.10. The normalized spacial score (nSPS) is 9.94. The molecule has 0 spiro atoms. The lowest BCUT2D eigenvalue weighted by atomic mass is 10.1. The van der Waals surface area contributed by atoms with Gasteiger partial charge in [-0.05, 0) is 36.6 Å². The number of halogens is 2. The largest absolute Gasteiger partial charge is 0.349 e. The van der Waals surface area contributed by atoms with Crippen molar-refractivity contribution in [3.05, 3.63) is 34.1 Å². The van der Waals surface area contributed by atoms with Crippen molar-refractivity contribution in [3.8, 4) is 0 Å². The van der Waals surface area contributed by atoms with Crippen LogP contribution in [0.15, 0.2) is 12.1 Å². The van der Waals surface area contributed by atoms with E-state index in [1.54, 1.807) is 6.92 Å². The van der Waals surface area contributed by atoms with E-state index in [0.717, 1.165) is 0 Å². The molecular weight excluding hydrogens is 233 g/mol. The molecule has 3 nitrogen and oxygen atoms in total. The van der Waals surface area contributed by atoms with Gasteiger partial charge in [-0.2, -0.15) is 0 Å². The summed E-state index contributed by atoms with van der Waals surface area (Å²) in [4.78, 5) is 20.6. The first-order chi connectivity index (χ1) is 7.54. The lowest BCUT2D eigenvalue weighted by molar-refractivity contribution is -0.131. The lowest BCUT2D eigenvalue weighted by Gasteiger charge is -2.06. The van der Waals surface area contributed by atoms with Crippen molar-refractivity contribution in [2.24, 2.45) is 0 Å². The minimum atomic E-state index is -0.691. The van der Waals surface area contributed by atoms with Crippen molar-refractivity contribution in [3.63, 3.8) is 0 Å². The van der Waals surface area contributed by atoms with Crippen molar-refractivity contribution >= 4 is 23.8 Å². The third-order valence-corrected chi connectivity index (χ3v) is 2.48. The molecule has 16 heavy (non-hydrogen) atoms. The van der Waals surface area contributed by atoms with E-state index in [1.165, 1.54) is 12.1 Å². The number of hydrogen-bond donors (Lipinski definition) is 1. The Morgan fingerprint density at radius 2 is 2.25 bits per heavy atom. The molecule has 1 N–H and O–H groups in total. The van der Waals surface area contributed by atoms with Gasteiger partial charge >= 0.3 is 0 Å². The smallest absolute Gasteiger partial charge is 0.284 e. The molecule has 0 radical (unpaired) electrons. The highest BCUT2D eigenvalue weighted by Crippen LogP contribution is 2.20. The second kappa shape index (κ2) is 5.61. The summed E-state index contributed by atoms with van der Waals surface area (Å²) in [6.07, 6.45) is 0.576. The predicted molar refractivity (Wildman–Crippen MR) is 58.9 cm³/mol. The summed E-state index contributed by atoms with van der Waals surface area (Å²) in [5.41, 5.74) is 1.08. The van der Waals surface area contributed by atoms with Crippen LogP contribution in [-0.4, -0.2) is 18.7 Å². The van der Waals surface area contributed by atoms with Gasteiger partial charge in [0.15, 0.2) is 0 Å². The Hall–Kier alpha value is -1.42. The molecule has 0 aliphatic heterocycles. The van der Waals surface area contributed by atoms with Gasteiger partial charge in [0.05, 0.1) is 0 Å². The molecule has 0 saturated carbocycles. The second-order valence-electron chi connectivity index (χ2n) is 3.35. The minimum absolute atomic E-state index is 0.192. The highest BCUT2D eigenvalue weighted by Gasteiger charge is 2.06. The van der Waals surface area contributed by atoms with E-state index in [2.05, 4.69) is 5.32 Å². The number of amides is 1. The summed E-state index contributed by atoms with van der Waals surface area (Å²) in [5.74, 6) is -1.02. The van der Waals surface area contributed by atoms with Gasteiger partial charge in [0.25, 0.3) is 5.91 Å². The predicted octanol–water partition coefficient (Wildman–Crippen LogP) is 1.65. The zero-order chi connectivity index (χ0) is 12.1. The van der Waals surface area contributed by atoms with Crippen LogP contribution < -0.4 is 5.32 Å². The Balaban J connectivity index is 2.64. The quantitative estimate of drug-likeness (QED) is 0.646. The maximum absolute atomic E-state index is 13.2. The van der Waals surface area contributed by atoms with Gasteiger partial charge in [-0.15, -0.1) is 0 Å². The monoisotopic (exact) mass is 243 g/mol. The molecule has 1 amide bonds. The number of carbonyl (C=O) groups excluding carboxylic acids is 2. The molecule has 0 aliphatic carbocycles. The van der Waals surface area contributed by atoms with E-state index < -0.39 is 5.91 Å². The number of benzene rings is 1. The average molecular weight is 244 g/mol. The van der Waals surface area contributed by atoms with Crippen LogP contribution in [0, 0.1) is 12.7 Å². The van der Waals surface area contributed by atoms with Crippen LogP contribution in [0.5, 0.6) is 0 Å². The van der Waals surface area contributed by atoms with E-state index in [4.69, 9.17) is 11.6 Å². The average Bonchev–Trinajstić information content (AvgIpc) is 2.25. The van der Waals surface area contributed by atoms with E-state index >= 15 is 0 Å². The van der Waals surface area contributed by atoms with Crippen LogP contribution in [0.2, 0.25) is 5.02 Å². The molecule has 86 valence electrons. The highest BCUT2D eigenvalue weighted by atomic mass is 35.5. The molecule has 1 aromatic rings. The maximum Gasteiger partial charge on any atom is 0.284 e. The van der Waals surface area contributed by atoms with Gasteiger partial charge in [0.1, 0.15) is 5.82 Å². The van der Waals surface area contributed by atoms with Crippen LogP contribution >= 0.6 is 11.6 Å². The maximum atomic E-state index is 13.2. The Kier molecular flexibility index (Phi) is 4.43. The number of rotatable bonds is 4. The fourth-order valence-corrected chi connectivity index (χ4v) is 1.55. The van der Waals surface area contributed by atoms with Crippen molar-refractivity contribution in [1.29, 1.82) is 0 Å². The molecule has 5 heteroatoms. The van der Waals surface area contributed by atoms with Crippen LogP contribution in [0.4, 0.5) is 4.39 Å². The fraction of sp³-hybridized carbons (Fsp3) is 0.273. The Labute approximate surface area is 97.6 Å². The van der Waals surface area contributed by atoms with Gasteiger partial charge in [0.2, 0.25) is 6.29 Å². The molecule has 0 heterocycles. The van der Waals surface area contributed by atoms with Crippen molar-refractivity contribution in [1.82, 2.24) is 5.32 Å². The molecule has 0 atom stereocenters. The minimum Gasteiger partial charge on any atom is -0.349 e. The molecule has 0 aromatic heterocycles. The lowest BCUT2D eigenvalue weighted by Crippen LogP contribution is -2.26. The van der Waals surface area contributed by atoms with Crippen LogP contribution in [-0.2, 0) is 16.0 Å². The zero-order valence-electron chi connectivity index (χ0n) is 8.72. The van der Waals surface area contributed by atoms with Gasteiger partial charge in [-0.25, -0.2) is 4.39 Å². The van der Waals surface area contributed by atoms with Crippen molar-refractivity contribution in [2.45, 2.75) is 13.3 Å². The van der Waals surface area contributed by atoms with Crippen LogP contribution in [0.25, 0.3) is 0 Å². The summed E-state index contributed by atoms with van der Waals surface area (Å²) in [6.45, 7) is 1.87. The zero-order valence-corrected chi connectivity index (χ0v) is 9.47. The van der Waals surface area contributed by atoms with Gasteiger partial charge in [0, 0.05) is 11.6 Å². The Bertz CT molecular complexity index is 421. The fourth-order valence-electron chi connectivity index (χ4n) is 1.24. The SMILES string of the molecule is Cc1cc(Cl)c(CCNC(=O)C=O)cc1F. The Morgan fingerprint density at radius 1 is 1.56 bits per heavy atom. The first kappa shape index (κ1) is 12.6. The van der Waals surface area contributed by atoms with Gasteiger partial charge < -0.3 is 5.32 Å². The van der Waals surface area contributed by atoms with E-state index in [9.17, 15) is 14.0 Å². The van der Waals surface area contributed by atoms with E-state index in [-0.39, 0.29) is 18.6 Å². The Morgan fingerprint density at radius 3 is 2.88 bits per heavy atom. The van der Waals surface area contributed by atoms with Crippen LogP contribution in [0.3, 0.4) is 0 Å². The molecule has 0 fully saturated rings. The summed E-state index contributed by atoms with van der Waals surface area (Å²) >= 11 is 5.90. The molecule has 1 aromatic carbocycles. The molecule has 0 aliphatic rings. The summed E-state index contributed by atoms with van der Waals surface area (Å²) in [6, 6.07) is 2.87.